The van der Waals surface area contributed by atoms with Gasteiger partial charge in [0.15, 0.2) is 11.5 Å². The minimum Gasteiger partial charge on any atom is -0.461 e. The van der Waals surface area contributed by atoms with E-state index in [4.69, 9.17) is 9.26 Å². The quantitative estimate of drug-likeness (QED) is 0.398. The number of alkyl halides is 6. The first-order valence-electron chi connectivity index (χ1n) is 8.40. The van der Waals surface area contributed by atoms with Crippen molar-refractivity contribution in [1.29, 1.82) is 0 Å². The summed E-state index contributed by atoms with van der Waals surface area (Å²) < 4.78 is 89.0. The summed E-state index contributed by atoms with van der Waals surface area (Å²) in [5.41, 5.74) is -3.93. The van der Waals surface area contributed by atoms with E-state index in [0.717, 1.165) is 12.1 Å². The highest BCUT2D eigenvalue weighted by molar-refractivity contribution is 5.93. The van der Waals surface area contributed by atoms with Crippen molar-refractivity contribution in [3.05, 3.63) is 58.6 Å². The maximum absolute atomic E-state index is 13.3. The number of halogens is 6. The van der Waals surface area contributed by atoms with Crippen molar-refractivity contribution in [2.24, 2.45) is 0 Å². The molecule has 0 aliphatic carbocycles. The summed E-state index contributed by atoms with van der Waals surface area (Å²) in [6.45, 7) is 1.68. The van der Waals surface area contributed by atoms with Gasteiger partial charge in [0.25, 0.3) is 0 Å². The van der Waals surface area contributed by atoms with E-state index < -0.39 is 35.1 Å². The maximum atomic E-state index is 13.3. The molecule has 3 rings (SSSR count). The predicted molar refractivity (Wildman–Crippen MR) is 93.1 cm³/mol. The molecule has 0 atom stereocenters. The van der Waals surface area contributed by atoms with Gasteiger partial charge in [-0.3, -0.25) is 0 Å². The number of carbonyl (C=O) groups is 1. The number of carbonyl (C=O) groups excluding carboxylic acids is 1. The standard InChI is InChI=1S/C19H12F6N2O3/c1-2-29-17(28)14-9-11(30-27-14)7-6-10-8-15(19(23,24)25)26-16-12(10)4-3-5-13(16)18(20,21)22/h3-9H,2H2,1H3/b7-6+. The molecule has 0 aliphatic rings. The molecule has 1 aromatic carbocycles. The van der Waals surface area contributed by atoms with Crippen molar-refractivity contribution < 1.29 is 40.4 Å². The molecule has 0 N–H and O–H groups in total. The van der Waals surface area contributed by atoms with Crippen molar-refractivity contribution in [3.63, 3.8) is 0 Å². The monoisotopic (exact) mass is 430 g/mol. The second kappa shape index (κ2) is 7.81. The highest BCUT2D eigenvalue weighted by Crippen LogP contribution is 2.38. The van der Waals surface area contributed by atoms with Gasteiger partial charge in [-0.2, -0.15) is 26.3 Å². The number of pyridine rings is 1. The third-order valence-electron chi connectivity index (χ3n) is 3.91. The van der Waals surface area contributed by atoms with Crippen LogP contribution in [0.5, 0.6) is 0 Å². The fourth-order valence-electron chi connectivity index (χ4n) is 2.63. The van der Waals surface area contributed by atoms with Gasteiger partial charge in [0.1, 0.15) is 5.69 Å². The van der Waals surface area contributed by atoms with E-state index in [1.54, 1.807) is 6.92 Å². The Morgan fingerprint density at radius 3 is 2.47 bits per heavy atom. The van der Waals surface area contributed by atoms with Crippen LogP contribution in [-0.4, -0.2) is 22.7 Å². The van der Waals surface area contributed by atoms with Gasteiger partial charge in [0.2, 0.25) is 0 Å². The third-order valence-corrected chi connectivity index (χ3v) is 3.91. The molecule has 11 heteroatoms. The van der Waals surface area contributed by atoms with Crippen LogP contribution < -0.4 is 0 Å². The van der Waals surface area contributed by atoms with Crippen LogP contribution in [0.1, 0.15) is 40.0 Å². The number of hydrogen-bond donors (Lipinski definition) is 0. The number of hydrogen-bond acceptors (Lipinski definition) is 5. The largest absolute Gasteiger partial charge is 0.461 e. The van der Waals surface area contributed by atoms with E-state index >= 15 is 0 Å². The topological polar surface area (TPSA) is 65.2 Å². The average Bonchev–Trinajstić information content (AvgIpc) is 3.13. The number of ether oxygens (including phenoxy) is 1. The van der Waals surface area contributed by atoms with Gasteiger partial charge in [0, 0.05) is 11.5 Å². The van der Waals surface area contributed by atoms with Crippen LogP contribution in [0.25, 0.3) is 23.1 Å². The number of benzene rings is 1. The van der Waals surface area contributed by atoms with E-state index in [-0.39, 0.29) is 29.0 Å². The second-order valence-corrected chi connectivity index (χ2v) is 5.96. The lowest BCUT2D eigenvalue weighted by molar-refractivity contribution is -0.142. The van der Waals surface area contributed by atoms with E-state index in [1.807, 2.05) is 0 Å². The number of rotatable bonds is 4. The van der Waals surface area contributed by atoms with E-state index in [1.165, 1.54) is 18.2 Å². The number of para-hydroxylation sites is 1. The Morgan fingerprint density at radius 1 is 1.10 bits per heavy atom. The Kier molecular flexibility index (Phi) is 5.55. The molecule has 0 aliphatic heterocycles. The summed E-state index contributed by atoms with van der Waals surface area (Å²) in [6.07, 6.45) is -7.56. The summed E-state index contributed by atoms with van der Waals surface area (Å²) in [5.74, 6) is -0.770. The lowest BCUT2D eigenvalue weighted by atomic mass is 10.0. The highest BCUT2D eigenvalue weighted by atomic mass is 19.4. The fraction of sp³-hybridized carbons (Fsp3) is 0.211. The lowest BCUT2D eigenvalue weighted by Crippen LogP contribution is -2.12. The van der Waals surface area contributed by atoms with Gasteiger partial charge < -0.3 is 9.26 Å². The van der Waals surface area contributed by atoms with Crippen LogP contribution in [0.3, 0.4) is 0 Å². The average molecular weight is 430 g/mol. The van der Waals surface area contributed by atoms with Crippen LogP contribution in [0.4, 0.5) is 26.3 Å². The van der Waals surface area contributed by atoms with Crippen LogP contribution in [0.2, 0.25) is 0 Å². The zero-order chi connectivity index (χ0) is 22.1. The Balaban J connectivity index is 2.11. The first kappa shape index (κ1) is 21.3. The molecule has 0 fully saturated rings. The van der Waals surface area contributed by atoms with E-state index in [2.05, 4.69) is 10.1 Å². The fourth-order valence-corrected chi connectivity index (χ4v) is 2.63. The molecule has 0 radical (unpaired) electrons. The molecule has 30 heavy (non-hydrogen) atoms. The van der Waals surface area contributed by atoms with E-state index in [0.29, 0.717) is 12.1 Å². The van der Waals surface area contributed by atoms with Gasteiger partial charge in [0.05, 0.1) is 17.7 Å². The van der Waals surface area contributed by atoms with Crippen LogP contribution in [0, 0.1) is 0 Å². The molecule has 5 nitrogen and oxygen atoms in total. The molecule has 158 valence electrons. The lowest BCUT2D eigenvalue weighted by Gasteiger charge is -2.14. The van der Waals surface area contributed by atoms with Crippen molar-refractivity contribution in [2.45, 2.75) is 19.3 Å². The SMILES string of the molecule is CCOC(=O)c1cc(/C=C/c2cc(C(F)(F)F)nc3c(C(F)(F)F)cccc23)on1. The summed E-state index contributed by atoms with van der Waals surface area (Å²) in [7, 11) is 0. The normalized spacial score (nSPS) is 12.6. The van der Waals surface area contributed by atoms with Crippen molar-refractivity contribution in [1.82, 2.24) is 10.1 Å². The van der Waals surface area contributed by atoms with Crippen molar-refractivity contribution >= 4 is 29.0 Å². The zero-order valence-corrected chi connectivity index (χ0v) is 15.1. The van der Waals surface area contributed by atoms with Gasteiger partial charge in [-0.05, 0) is 30.7 Å². The molecule has 0 saturated carbocycles. The zero-order valence-electron chi connectivity index (χ0n) is 15.1. The van der Waals surface area contributed by atoms with Gasteiger partial charge in [-0.25, -0.2) is 9.78 Å². The Hall–Kier alpha value is -3.37. The van der Waals surface area contributed by atoms with Crippen LogP contribution in [-0.2, 0) is 17.1 Å². The molecule has 0 saturated heterocycles. The number of nitrogens with zero attached hydrogens (tertiary/aromatic N) is 2. The highest BCUT2D eigenvalue weighted by Gasteiger charge is 2.37. The van der Waals surface area contributed by atoms with Crippen LogP contribution >= 0.6 is 0 Å². The smallest absolute Gasteiger partial charge is 0.433 e. The summed E-state index contributed by atoms with van der Waals surface area (Å²) in [4.78, 5) is 14.8. The molecule has 3 aromatic rings. The van der Waals surface area contributed by atoms with Gasteiger partial charge in [-0.1, -0.05) is 23.4 Å². The predicted octanol–water partition coefficient (Wildman–Crippen LogP) is 5.61. The molecular weight excluding hydrogens is 418 g/mol. The Labute approximate surface area is 164 Å². The molecule has 2 heterocycles. The number of esters is 1. The summed E-state index contributed by atoms with van der Waals surface area (Å²) >= 11 is 0. The molecule has 2 aromatic heterocycles. The van der Waals surface area contributed by atoms with Crippen molar-refractivity contribution in [2.75, 3.05) is 6.61 Å². The summed E-state index contributed by atoms with van der Waals surface area (Å²) in [6, 6.07) is 4.77. The van der Waals surface area contributed by atoms with Crippen LogP contribution in [0.15, 0.2) is 34.9 Å². The molecule has 0 amide bonds. The minimum atomic E-state index is -4.96. The summed E-state index contributed by atoms with van der Waals surface area (Å²) in [5, 5.41) is 3.33. The second-order valence-electron chi connectivity index (χ2n) is 5.96. The Morgan fingerprint density at radius 2 is 1.83 bits per heavy atom. The molecule has 0 unspecified atom stereocenters. The van der Waals surface area contributed by atoms with E-state index in [9.17, 15) is 31.1 Å². The number of fused-ring (bicyclic) bond motifs is 1. The molecule has 0 bridgehead atoms. The maximum Gasteiger partial charge on any atom is 0.433 e. The Bertz CT molecular complexity index is 1120. The molecule has 0 spiro atoms. The van der Waals surface area contributed by atoms with Gasteiger partial charge in [-0.15, -0.1) is 0 Å². The third kappa shape index (κ3) is 4.44. The van der Waals surface area contributed by atoms with Crippen molar-refractivity contribution in [3.8, 4) is 0 Å². The first-order valence-corrected chi connectivity index (χ1v) is 8.40. The molecular formula is C19H12F6N2O3. The first-order chi connectivity index (χ1) is 14.0. The number of aromatic nitrogens is 2. The van der Waals surface area contributed by atoms with Gasteiger partial charge >= 0.3 is 18.3 Å². The minimum absolute atomic E-state index is 0.0106.